The van der Waals surface area contributed by atoms with Gasteiger partial charge < -0.3 is 10.2 Å². The van der Waals surface area contributed by atoms with Crippen molar-refractivity contribution in [1.82, 2.24) is 4.90 Å². The average Bonchev–Trinajstić information content (AvgIpc) is 2.65. The fourth-order valence-electron chi connectivity index (χ4n) is 2.18. The summed E-state index contributed by atoms with van der Waals surface area (Å²) in [5.74, 6) is 0. The number of unbranched alkanes of at least 4 members (excludes halogenated alkanes) is 3. The molecule has 1 aliphatic rings. The molecule has 1 rings (SSSR count). The van der Waals surface area contributed by atoms with Crippen LogP contribution in [0.4, 0.5) is 0 Å². The monoisotopic (exact) mass is 201 g/mol. The molecule has 0 aromatic carbocycles. The predicted octanol–water partition coefficient (Wildman–Crippen LogP) is 0.996. The molecule has 0 radical (unpaired) electrons. The van der Waals surface area contributed by atoms with Crippen LogP contribution in [0.1, 0.15) is 38.5 Å². The van der Waals surface area contributed by atoms with E-state index in [1.165, 1.54) is 19.3 Å². The van der Waals surface area contributed by atoms with Crippen molar-refractivity contribution in [3.05, 3.63) is 0 Å². The van der Waals surface area contributed by atoms with Crippen LogP contribution in [0, 0.1) is 0 Å². The minimum Gasteiger partial charge on any atom is -0.396 e. The Bertz CT molecular complexity index is 141. The second-order valence-corrected chi connectivity index (χ2v) is 4.15. The van der Waals surface area contributed by atoms with E-state index in [1.54, 1.807) is 0 Å². The lowest BCUT2D eigenvalue weighted by Crippen LogP contribution is -2.32. The second-order valence-electron chi connectivity index (χ2n) is 4.15. The van der Waals surface area contributed by atoms with Gasteiger partial charge in [-0.05, 0) is 38.8 Å². The molecular formula is C11H23NO2. The van der Waals surface area contributed by atoms with Gasteiger partial charge in [0.2, 0.25) is 0 Å². The van der Waals surface area contributed by atoms with Gasteiger partial charge in [-0.15, -0.1) is 0 Å². The molecule has 0 aromatic heterocycles. The van der Waals surface area contributed by atoms with E-state index in [2.05, 4.69) is 4.90 Å². The quantitative estimate of drug-likeness (QED) is 0.604. The third-order valence-electron chi connectivity index (χ3n) is 3.06. The van der Waals surface area contributed by atoms with Gasteiger partial charge in [0.25, 0.3) is 0 Å². The summed E-state index contributed by atoms with van der Waals surface area (Å²) in [6.07, 6.45) is 6.87. The Balaban J connectivity index is 2.00. The smallest absolute Gasteiger partial charge is 0.0586 e. The molecular weight excluding hydrogens is 178 g/mol. The van der Waals surface area contributed by atoms with Gasteiger partial charge in [0, 0.05) is 12.6 Å². The lowest BCUT2D eigenvalue weighted by Gasteiger charge is -2.22. The van der Waals surface area contributed by atoms with E-state index in [9.17, 15) is 0 Å². The highest BCUT2D eigenvalue weighted by Gasteiger charge is 2.22. The summed E-state index contributed by atoms with van der Waals surface area (Å²) in [6, 6.07) is 0.424. The molecule has 3 heteroatoms. The van der Waals surface area contributed by atoms with Crippen molar-refractivity contribution >= 4 is 0 Å². The number of hydrogen-bond acceptors (Lipinski definition) is 3. The average molecular weight is 201 g/mol. The van der Waals surface area contributed by atoms with E-state index in [0.717, 1.165) is 32.4 Å². The van der Waals surface area contributed by atoms with Crippen molar-refractivity contribution in [2.24, 2.45) is 0 Å². The van der Waals surface area contributed by atoms with E-state index < -0.39 is 0 Å². The number of likely N-dealkylation sites (tertiary alicyclic amines) is 1. The van der Waals surface area contributed by atoms with Crippen LogP contribution in [0.25, 0.3) is 0 Å². The zero-order valence-corrected chi connectivity index (χ0v) is 8.99. The summed E-state index contributed by atoms with van der Waals surface area (Å²) in [4.78, 5) is 2.40. The Hall–Kier alpha value is -0.120. The number of nitrogens with zero attached hydrogens (tertiary/aromatic N) is 1. The van der Waals surface area contributed by atoms with Crippen molar-refractivity contribution in [3.63, 3.8) is 0 Å². The minimum absolute atomic E-state index is 0.316. The topological polar surface area (TPSA) is 43.7 Å². The van der Waals surface area contributed by atoms with Crippen molar-refractivity contribution in [2.45, 2.75) is 44.6 Å². The van der Waals surface area contributed by atoms with E-state index in [-0.39, 0.29) is 0 Å². The van der Waals surface area contributed by atoms with E-state index in [0.29, 0.717) is 19.3 Å². The summed E-state index contributed by atoms with van der Waals surface area (Å²) < 4.78 is 0. The van der Waals surface area contributed by atoms with Crippen LogP contribution in [0.5, 0.6) is 0 Å². The fraction of sp³-hybridized carbons (Fsp3) is 1.00. The lowest BCUT2D eigenvalue weighted by molar-refractivity contribution is 0.156. The van der Waals surface area contributed by atoms with E-state index in [4.69, 9.17) is 10.2 Å². The molecule has 0 spiro atoms. The molecule has 0 aromatic rings. The normalized spacial score (nSPS) is 23.1. The molecule has 1 atom stereocenters. The first kappa shape index (κ1) is 12.0. The maximum Gasteiger partial charge on any atom is 0.0586 e. The molecule has 3 nitrogen and oxygen atoms in total. The predicted molar refractivity (Wildman–Crippen MR) is 57.2 cm³/mol. The van der Waals surface area contributed by atoms with Gasteiger partial charge in [-0.3, -0.25) is 4.90 Å². The summed E-state index contributed by atoms with van der Waals surface area (Å²) in [7, 11) is 0. The molecule has 1 unspecified atom stereocenters. The van der Waals surface area contributed by atoms with Crippen LogP contribution in [0.3, 0.4) is 0 Å². The molecule has 0 amide bonds. The van der Waals surface area contributed by atoms with Crippen LogP contribution < -0.4 is 0 Å². The summed E-state index contributed by atoms with van der Waals surface area (Å²) in [5.41, 5.74) is 0. The summed E-state index contributed by atoms with van der Waals surface area (Å²) in [5, 5.41) is 17.7. The highest BCUT2D eigenvalue weighted by Crippen LogP contribution is 2.17. The van der Waals surface area contributed by atoms with Gasteiger partial charge in [0.15, 0.2) is 0 Å². The Morgan fingerprint density at radius 3 is 2.57 bits per heavy atom. The fourth-order valence-corrected chi connectivity index (χ4v) is 2.18. The highest BCUT2D eigenvalue weighted by molar-refractivity contribution is 4.77. The number of rotatable bonds is 7. The molecule has 1 fully saturated rings. The minimum atomic E-state index is 0.316. The van der Waals surface area contributed by atoms with Crippen molar-refractivity contribution < 1.29 is 10.2 Å². The molecule has 84 valence electrons. The lowest BCUT2D eigenvalue weighted by atomic mass is 10.2. The van der Waals surface area contributed by atoms with Crippen molar-refractivity contribution in [3.8, 4) is 0 Å². The summed E-state index contributed by atoms with van der Waals surface area (Å²) in [6.45, 7) is 2.92. The van der Waals surface area contributed by atoms with Gasteiger partial charge in [-0.25, -0.2) is 0 Å². The van der Waals surface area contributed by atoms with Gasteiger partial charge in [-0.1, -0.05) is 12.8 Å². The van der Waals surface area contributed by atoms with Gasteiger partial charge in [-0.2, -0.15) is 0 Å². The largest absolute Gasteiger partial charge is 0.396 e. The maximum absolute atomic E-state index is 9.10. The molecule has 1 aliphatic heterocycles. The highest BCUT2D eigenvalue weighted by atomic mass is 16.3. The van der Waals surface area contributed by atoms with E-state index >= 15 is 0 Å². The molecule has 0 saturated carbocycles. The van der Waals surface area contributed by atoms with Crippen molar-refractivity contribution in [2.75, 3.05) is 26.3 Å². The van der Waals surface area contributed by atoms with Crippen LogP contribution >= 0.6 is 0 Å². The van der Waals surface area contributed by atoms with Crippen LogP contribution in [0.2, 0.25) is 0 Å². The first-order valence-corrected chi connectivity index (χ1v) is 5.84. The first-order valence-electron chi connectivity index (χ1n) is 5.84. The Kier molecular flexibility index (Phi) is 6.15. The van der Waals surface area contributed by atoms with Crippen LogP contribution in [-0.2, 0) is 0 Å². The van der Waals surface area contributed by atoms with Crippen LogP contribution in [-0.4, -0.2) is 47.5 Å². The number of hydrogen-bond donors (Lipinski definition) is 2. The Morgan fingerprint density at radius 2 is 1.86 bits per heavy atom. The van der Waals surface area contributed by atoms with Gasteiger partial charge in [0.05, 0.1) is 6.61 Å². The molecule has 0 bridgehead atoms. The third-order valence-corrected chi connectivity index (χ3v) is 3.06. The zero-order chi connectivity index (χ0) is 10.2. The molecule has 1 saturated heterocycles. The zero-order valence-electron chi connectivity index (χ0n) is 8.99. The first-order chi connectivity index (χ1) is 6.88. The molecule has 1 heterocycles. The molecule has 2 N–H and O–H groups in total. The number of aliphatic hydroxyl groups excluding tert-OH is 2. The van der Waals surface area contributed by atoms with Gasteiger partial charge in [0.1, 0.15) is 0 Å². The Morgan fingerprint density at radius 1 is 1.07 bits per heavy atom. The SMILES string of the molecule is OCCCCCCN1CCCC1CO. The van der Waals surface area contributed by atoms with Crippen molar-refractivity contribution in [1.29, 1.82) is 0 Å². The number of aliphatic hydroxyl groups is 2. The van der Waals surface area contributed by atoms with Crippen LogP contribution in [0.15, 0.2) is 0 Å². The molecule has 14 heavy (non-hydrogen) atoms. The van der Waals surface area contributed by atoms with Gasteiger partial charge >= 0.3 is 0 Å². The Labute approximate surface area is 86.7 Å². The second kappa shape index (κ2) is 7.21. The van der Waals surface area contributed by atoms with E-state index in [1.807, 2.05) is 0 Å². The standard InChI is InChI=1S/C11H23NO2/c13-9-4-2-1-3-7-12-8-5-6-11(12)10-14/h11,13-14H,1-10H2. The molecule has 0 aliphatic carbocycles. The summed E-state index contributed by atoms with van der Waals surface area (Å²) >= 11 is 0. The maximum atomic E-state index is 9.10. The third kappa shape index (κ3) is 3.95.